The van der Waals surface area contributed by atoms with Gasteiger partial charge in [0.1, 0.15) is 0 Å². The number of rotatable bonds is 10. The number of hydrogen-bond donors (Lipinski definition) is 1. The number of carboxylic acids is 1. The molecule has 0 aliphatic heterocycles. The van der Waals surface area contributed by atoms with Crippen molar-refractivity contribution >= 4 is 23.0 Å². The van der Waals surface area contributed by atoms with Gasteiger partial charge >= 0.3 is 74.4 Å². The molecular weight excluding hydrogens is 342 g/mol. The molecule has 0 aliphatic rings. The Bertz CT molecular complexity index is 336. The molecule has 0 saturated heterocycles. The van der Waals surface area contributed by atoms with E-state index in [2.05, 4.69) is 30.3 Å². The van der Waals surface area contributed by atoms with Crippen LogP contribution in [0.2, 0.25) is 0 Å². The van der Waals surface area contributed by atoms with E-state index in [1.807, 2.05) is 0 Å². The molecule has 1 aromatic carbocycles. The molecule has 4 heteroatoms. The summed E-state index contributed by atoms with van der Waals surface area (Å²) >= 11 is 0. The van der Waals surface area contributed by atoms with Crippen molar-refractivity contribution in [3.63, 3.8) is 0 Å². The maximum absolute atomic E-state index is 10.3. The van der Waals surface area contributed by atoms with E-state index in [4.69, 9.17) is 5.11 Å². The monoisotopic (exact) mass is 370 g/mol. The topological polar surface area (TPSA) is 37.3 Å². The van der Waals surface area contributed by atoms with Gasteiger partial charge in [-0.25, -0.2) is 0 Å². The number of benzene rings is 1. The molecule has 1 N–H and O–H groups in total. The third-order valence-electron chi connectivity index (χ3n) is 3.20. The molecule has 0 spiro atoms. The van der Waals surface area contributed by atoms with Crippen molar-refractivity contribution in [2.45, 2.75) is 57.8 Å². The van der Waals surface area contributed by atoms with Gasteiger partial charge < -0.3 is 6.53 Å². The fourth-order valence-electron chi connectivity index (χ4n) is 2.13. The second kappa shape index (κ2) is 16.2. The van der Waals surface area contributed by atoms with Crippen LogP contribution in [-0.4, -0.2) is 28.1 Å². The summed E-state index contributed by atoms with van der Waals surface area (Å²) in [5.41, 5.74) is 1.43. The second-order valence-electron chi connectivity index (χ2n) is 4.85. The summed E-state index contributed by atoms with van der Waals surface area (Å²) in [6.45, 7) is 0. The van der Waals surface area contributed by atoms with Crippen LogP contribution in [-0.2, 0) is 11.2 Å². The van der Waals surface area contributed by atoms with Crippen LogP contribution in [0.1, 0.15) is 58.4 Å². The third kappa shape index (κ3) is 13.8. The molecular formula is C16H27KO2Se. The van der Waals surface area contributed by atoms with E-state index in [9.17, 15) is 4.79 Å². The molecule has 2 nitrogen and oxygen atoms in total. The molecule has 110 valence electrons. The molecule has 0 aliphatic carbocycles. The zero-order valence-corrected chi connectivity index (χ0v) is 17.8. The molecule has 0 atom stereocenters. The Morgan fingerprint density at radius 1 is 0.900 bits per heavy atom. The van der Waals surface area contributed by atoms with E-state index in [0.29, 0.717) is 6.42 Å². The number of aryl methyl sites for hydroxylation is 1. The molecule has 0 heterocycles. The molecule has 20 heavy (non-hydrogen) atoms. The second-order valence-corrected chi connectivity index (χ2v) is 4.85. The van der Waals surface area contributed by atoms with Gasteiger partial charge in [-0.05, 0) is 24.8 Å². The van der Waals surface area contributed by atoms with Crippen LogP contribution in [0, 0.1) is 0 Å². The third-order valence-corrected chi connectivity index (χ3v) is 3.20. The normalized spacial score (nSPS) is 9.40. The summed E-state index contributed by atoms with van der Waals surface area (Å²) in [5, 5.41) is 8.49. The van der Waals surface area contributed by atoms with Crippen LogP contribution in [0.15, 0.2) is 30.3 Å². The molecule has 0 unspecified atom stereocenters. The van der Waals surface area contributed by atoms with Gasteiger partial charge in [0.25, 0.3) is 0 Å². The number of carboxylic acid groups (broad SMARTS) is 1. The summed E-state index contributed by atoms with van der Waals surface area (Å²) in [6, 6.07) is 10.6. The fourth-order valence-corrected chi connectivity index (χ4v) is 2.13. The Morgan fingerprint density at radius 3 is 1.95 bits per heavy atom. The molecule has 1 rings (SSSR count). The molecule has 0 aromatic heterocycles. The van der Waals surface area contributed by atoms with Gasteiger partial charge in [0.2, 0.25) is 0 Å². The van der Waals surface area contributed by atoms with E-state index in [1.54, 1.807) is 0 Å². The summed E-state index contributed by atoms with van der Waals surface area (Å²) < 4.78 is 0. The summed E-state index contributed by atoms with van der Waals surface area (Å²) in [5.74, 6) is -0.669. The predicted octanol–water partition coefficient (Wildman–Crippen LogP) is 0.635. The fraction of sp³-hybridized carbons (Fsp3) is 0.562. The van der Waals surface area contributed by atoms with Crippen LogP contribution >= 0.6 is 0 Å². The van der Waals surface area contributed by atoms with Crippen LogP contribution in [0.4, 0.5) is 0 Å². The number of aliphatic carboxylic acids is 1. The maximum atomic E-state index is 10.3. The Kier molecular flexibility index (Phi) is 18.7. The first-order valence-electron chi connectivity index (χ1n) is 7.05. The quantitative estimate of drug-likeness (QED) is 0.485. The summed E-state index contributed by atoms with van der Waals surface area (Å²) in [4.78, 5) is 10.3. The molecule has 1 aromatic rings. The minimum atomic E-state index is -0.669. The van der Waals surface area contributed by atoms with Crippen molar-refractivity contribution in [3.05, 3.63) is 35.9 Å². The van der Waals surface area contributed by atoms with Crippen LogP contribution < -0.4 is 51.4 Å². The summed E-state index contributed by atoms with van der Waals surface area (Å²) in [6.07, 6.45) is 9.65. The number of carbonyl (C=O) groups is 1. The van der Waals surface area contributed by atoms with Gasteiger partial charge in [0.05, 0.1) is 0 Å². The Morgan fingerprint density at radius 2 is 1.40 bits per heavy atom. The van der Waals surface area contributed by atoms with Crippen LogP contribution in [0.5, 0.6) is 0 Å². The molecule has 0 saturated carbocycles. The Labute approximate surface area is 177 Å². The van der Waals surface area contributed by atoms with Gasteiger partial charge in [0, 0.05) is 6.42 Å². The van der Waals surface area contributed by atoms with Crippen LogP contribution in [0.25, 0.3) is 0 Å². The van der Waals surface area contributed by atoms with Gasteiger partial charge in [-0.1, -0.05) is 62.4 Å². The molecule has 0 bridgehead atoms. The summed E-state index contributed by atoms with van der Waals surface area (Å²) in [7, 11) is 0. The van der Waals surface area contributed by atoms with Crippen LogP contribution in [0.3, 0.4) is 0 Å². The van der Waals surface area contributed by atoms with Gasteiger partial charge in [-0.15, -0.1) is 0 Å². The Balaban J connectivity index is -0.00000108. The number of unbranched alkanes of at least 4 members (excludes halogenated alkanes) is 6. The van der Waals surface area contributed by atoms with E-state index in [-0.39, 0.29) is 69.9 Å². The molecule has 0 amide bonds. The zero-order chi connectivity index (χ0) is 13.1. The van der Waals surface area contributed by atoms with Crippen molar-refractivity contribution in [1.82, 2.24) is 0 Å². The van der Waals surface area contributed by atoms with E-state index in [0.717, 1.165) is 12.8 Å². The first-order chi connectivity index (χ1) is 8.79. The average Bonchev–Trinajstić information content (AvgIpc) is 2.37. The first kappa shape index (κ1) is 23.1. The first-order valence-corrected chi connectivity index (χ1v) is 7.05. The SMILES string of the molecule is O=C(O)CCCCCCCCCc1ccccc1.[H-].[K+].[SeH2]. The van der Waals surface area contributed by atoms with Crippen molar-refractivity contribution in [2.75, 3.05) is 0 Å². The van der Waals surface area contributed by atoms with Gasteiger partial charge in [-0.3, -0.25) is 4.79 Å². The molecule has 0 radical (unpaired) electrons. The van der Waals surface area contributed by atoms with Crippen molar-refractivity contribution in [1.29, 1.82) is 0 Å². The average molecular weight is 369 g/mol. The van der Waals surface area contributed by atoms with Gasteiger partial charge in [-0.2, -0.15) is 0 Å². The minimum absolute atomic E-state index is 0. The predicted molar refractivity (Wildman–Crippen MR) is 84.4 cm³/mol. The van der Waals surface area contributed by atoms with Crippen molar-refractivity contribution < 1.29 is 62.7 Å². The van der Waals surface area contributed by atoms with E-state index < -0.39 is 5.97 Å². The van der Waals surface area contributed by atoms with Crippen molar-refractivity contribution in [3.8, 4) is 0 Å². The standard InChI is InChI=1S/C16H24O2.K.H2Se.H/c17-16(18)14-10-5-3-1-2-4-7-11-15-12-8-6-9-13-15;;;/h6,8-9,12-13H,1-5,7,10-11,14H2,(H,17,18);;1H2;/q;+1;;-1. The molecule has 0 fully saturated rings. The van der Waals surface area contributed by atoms with Gasteiger partial charge in [0.15, 0.2) is 0 Å². The van der Waals surface area contributed by atoms with Crippen molar-refractivity contribution in [2.24, 2.45) is 0 Å². The van der Waals surface area contributed by atoms with E-state index >= 15 is 0 Å². The zero-order valence-electron chi connectivity index (χ0n) is 13.6. The Hall–Kier alpha value is 0.846. The van der Waals surface area contributed by atoms with E-state index in [1.165, 1.54) is 44.1 Å². The number of hydrogen-bond acceptors (Lipinski definition) is 1.